The number of nitrogens with one attached hydrogen (secondary N) is 1. The number of aliphatic carboxylic acids is 1. The minimum absolute atomic E-state index is 0.404. The van der Waals surface area contributed by atoms with Gasteiger partial charge in [0, 0.05) is 6.42 Å². The van der Waals surface area contributed by atoms with Gasteiger partial charge in [0.05, 0.1) is 0 Å². The molecule has 0 aliphatic rings. The van der Waals surface area contributed by atoms with Crippen LogP contribution in [0.2, 0.25) is 0 Å². The number of carbonyl (C=O) groups is 2. The average Bonchev–Trinajstić information content (AvgIpc) is 2.33. The summed E-state index contributed by atoms with van der Waals surface area (Å²) in [7, 11) is -4.75. The molecule has 21 heavy (non-hydrogen) atoms. The highest BCUT2D eigenvalue weighted by molar-refractivity contribution is 7.89. The molecule has 1 aromatic carbocycles. The molecule has 1 amide bonds. The zero-order valence-corrected chi connectivity index (χ0v) is 11.4. The van der Waals surface area contributed by atoms with Crippen molar-refractivity contribution in [1.29, 1.82) is 0 Å². The van der Waals surface area contributed by atoms with Crippen LogP contribution in [0.15, 0.2) is 23.1 Å². The van der Waals surface area contributed by atoms with E-state index < -0.39 is 57.3 Å². The van der Waals surface area contributed by atoms with Crippen molar-refractivity contribution in [2.45, 2.75) is 23.8 Å². The number of carboxylic acids is 1. The van der Waals surface area contributed by atoms with Crippen molar-refractivity contribution in [1.82, 2.24) is 4.72 Å². The molecular weight excluding hydrogens is 310 g/mol. The molecule has 0 aliphatic carbocycles. The van der Waals surface area contributed by atoms with Gasteiger partial charge in [0.25, 0.3) is 0 Å². The quantitative estimate of drug-likeness (QED) is 0.649. The molecule has 1 aromatic rings. The van der Waals surface area contributed by atoms with Crippen LogP contribution in [0.1, 0.15) is 12.8 Å². The average molecular weight is 322 g/mol. The van der Waals surface area contributed by atoms with Crippen LogP contribution in [0.4, 0.5) is 8.78 Å². The van der Waals surface area contributed by atoms with Gasteiger partial charge in [-0.25, -0.2) is 17.2 Å². The standard InChI is InChI=1S/C11H12F2N2O5S/c12-6-2-1-3-7(13)10(6)21(19,20)15-8(11(17)18)4-5-9(14)16/h1-3,8,15H,4-5H2,(H2,14,16)(H,17,18). The first-order valence-corrected chi connectivity index (χ1v) is 7.11. The van der Waals surface area contributed by atoms with Crippen LogP contribution in [-0.4, -0.2) is 31.4 Å². The summed E-state index contributed by atoms with van der Waals surface area (Å²) < 4.78 is 52.2. The molecule has 0 spiro atoms. The Hall–Kier alpha value is -2.07. The molecule has 1 unspecified atom stereocenters. The normalized spacial score (nSPS) is 12.9. The summed E-state index contributed by atoms with van der Waals surface area (Å²) in [6.07, 6.45) is -0.848. The Morgan fingerprint density at radius 3 is 2.24 bits per heavy atom. The second-order valence-corrected chi connectivity index (χ2v) is 5.72. The molecular formula is C11H12F2N2O5S. The molecule has 0 fully saturated rings. The molecule has 0 aliphatic heterocycles. The summed E-state index contributed by atoms with van der Waals surface area (Å²) >= 11 is 0. The van der Waals surface area contributed by atoms with Crippen LogP contribution in [0.5, 0.6) is 0 Å². The van der Waals surface area contributed by atoms with Crippen molar-refractivity contribution >= 4 is 21.9 Å². The van der Waals surface area contributed by atoms with E-state index in [-0.39, 0.29) is 0 Å². The topological polar surface area (TPSA) is 127 Å². The van der Waals surface area contributed by atoms with Crippen molar-refractivity contribution in [3.05, 3.63) is 29.8 Å². The van der Waals surface area contributed by atoms with Crippen LogP contribution >= 0.6 is 0 Å². The van der Waals surface area contributed by atoms with Gasteiger partial charge in [0.15, 0.2) is 4.90 Å². The Labute approximate surface area is 118 Å². The number of hydrogen-bond donors (Lipinski definition) is 3. The fourth-order valence-corrected chi connectivity index (χ4v) is 2.87. The number of sulfonamides is 1. The number of benzene rings is 1. The van der Waals surface area contributed by atoms with Gasteiger partial charge in [0.2, 0.25) is 15.9 Å². The van der Waals surface area contributed by atoms with Gasteiger partial charge in [0.1, 0.15) is 17.7 Å². The third-order valence-corrected chi connectivity index (χ3v) is 3.98. The van der Waals surface area contributed by atoms with E-state index in [0.717, 1.165) is 18.2 Å². The predicted octanol–water partition coefficient (Wildman–Crippen LogP) is -0.0382. The van der Waals surface area contributed by atoms with Gasteiger partial charge in [-0.2, -0.15) is 4.72 Å². The molecule has 0 saturated carbocycles. The van der Waals surface area contributed by atoms with Gasteiger partial charge >= 0.3 is 5.97 Å². The number of amides is 1. The molecule has 10 heteroatoms. The number of nitrogens with two attached hydrogens (primary N) is 1. The fourth-order valence-electron chi connectivity index (χ4n) is 1.50. The molecule has 0 bridgehead atoms. The monoisotopic (exact) mass is 322 g/mol. The van der Waals surface area contributed by atoms with Crippen molar-refractivity contribution in [3.63, 3.8) is 0 Å². The molecule has 0 radical (unpaired) electrons. The third kappa shape index (κ3) is 4.46. The van der Waals surface area contributed by atoms with E-state index in [4.69, 9.17) is 10.8 Å². The van der Waals surface area contributed by atoms with Gasteiger partial charge in [-0.3, -0.25) is 9.59 Å². The van der Waals surface area contributed by atoms with Crippen LogP contribution in [0.3, 0.4) is 0 Å². The molecule has 7 nitrogen and oxygen atoms in total. The summed E-state index contributed by atoms with van der Waals surface area (Å²) in [6, 6.07) is 0.667. The Morgan fingerprint density at radius 1 is 1.29 bits per heavy atom. The molecule has 4 N–H and O–H groups in total. The lowest BCUT2D eigenvalue weighted by Crippen LogP contribution is -2.41. The first-order chi connectivity index (χ1) is 9.65. The second-order valence-electron chi connectivity index (χ2n) is 4.07. The van der Waals surface area contributed by atoms with Crippen LogP contribution < -0.4 is 10.5 Å². The summed E-state index contributed by atoms with van der Waals surface area (Å²) in [4.78, 5) is 20.2. The first-order valence-electron chi connectivity index (χ1n) is 5.62. The van der Waals surface area contributed by atoms with Crippen LogP contribution in [-0.2, 0) is 19.6 Å². The molecule has 116 valence electrons. The Kier molecular flexibility index (Phi) is 5.33. The number of rotatable bonds is 7. The minimum Gasteiger partial charge on any atom is -0.480 e. The number of carboxylic acid groups (broad SMARTS) is 1. The minimum atomic E-state index is -4.75. The highest BCUT2D eigenvalue weighted by Crippen LogP contribution is 2.18. The largest absolute Gasteiger partial charge is 0.480 e. The van der Waals surface area contributed by atoms with Crippen LogP contribution in [0.25, 0.3) is 0 Å². The van der Waals surface area contributed by atoms with Gasteiger partial charge < -0.3 is 10.8 Å². The highest BCUT2D eigenvalue weighted by Gasteiger charge is 2.30. The lowest BCUT2D eigenvalue weighted by molar-refractivity contribution is -0.139. The zero-order chi connectivity index (χ0) is 16.2. The number of primary amides is 1. The predicted molar refractivity (Wildman–Crippen MR) is 66.5 cm³/mol. The van der Waals surface area contributed by atoms with Crippen LogP contribution in [0, 0.1) is 11.6 Å². The van der Waals surface area contributed by atoms with E-state index in [2.05, 4.69) is 0 Å². The maximum atomic E-state index is 13.4. The smallest absolute Gasteiger partial charge is 0.321 e. The summed E-state index contributed by atoms with van der Waals surface area (Å²) in [5.41, 5.74) is 4.83. The van der Waals surface area contributed by atoms with Crippen molar-refractivity contribution < 1.29 is 31.9 Å². The third-order valence-electron chi connectivity index (χ3n) is 2.46. The maximum absolute atomic E-state index is 13.4. The first kappa shape index (κ1) is 17.0. The van der Waals surface area contributed by atoms with Gasteiger partial charge in [-0.15, -0.1) is 0 Å². The number of carbonyl (C=O) groups excluding carboxylic acids is 1. The lowest BCUT2D eigenvalue weighted by Gasteiger charge is -2.14. The van der Waals surface area contributed by atoms with Crippen molar-refractivity contribution in [2.24, 2.45) is 5.73 Å². The van der Waals surface area contributed by atoms with Gasteiger partial charge in [-0.1, -0.05) is 6.07 Å². The Bertz CT molecular complexity index is 642. The van der Waals surface area contributed by atoms with E-state index in [1.54, 1.807) is 4.72 Å². The van der Waals surface area contributed by atoms with E-state index in [0.29, 0.717) is 0 Å². The molecule has 0 saturated heterocycles. The summed E-state index contributed by atoms with van der Waals surface area (Å²) in [5.74, 6) is -5.16. The SMILES string of the molecule is NC(=O)CCC(NS(=O)(=O)c1c(F)cccc1F)C(=O)O. The fraction of sp³-hybridized carbons (Fsp3) is 0.273. The van der Waals surface area contributed by atoms with E-state index in [1.165, 1.54) is 0 Å². The number of hydrogen-bond acceptors (Lipinski definition) is 4. The zero-order valence-electron chi connectivity index (χ0n) is 10.5. The molecule has 0 heterocycles. The second kappa shape index (κ2) is 6.59. The van der Waals surface area contributed by atoms with E-state index in [9.17, 15) is 26.8 Å². The lowest BCUT2D eigenvalue weighted by atomic mass is 10.2. The summed E-state index contributed by atoms with van der Waals surface area (Å²) in [6.45, 7) is 0. The Morgan fingerprint density at radius 2 is 1.81 bits per heavy atom. The van der Waals surface area contributed by atoms with Crippen molar-refractivity contribution in [3.8, 4) is 0 Å². The summed E-state index contributed by atoms with van der Waals surface area (Å²) in [5, 5.41) is 8.87. The molecule has 0 aromatic heterocycles. The maximum Gasteiger partial charge on any atom is 0.321 e. The van der Waals surface area contributed by atoms with Gasteiger partial charge in [-0.05, 0) is 18.6 Å². The number of halogens is 2. The molecule has 1 atom stereocenters. The van der Waals surface area contributed by atoms with Crippen molar-refractivity contribution in [2.75, 3.05) is 0 Å². The highest BCUT2D eigenvalue weighted by atomic mass is 32.2. The molecule has 1 rings (SSSR count). The van der Waals surface area contributed by atoms with E-state index >= 15 is 0 Å². The Balaban J connectivity index is 3.07. The van der Waals surface area contributed by atoms with E-state index in [1.807, 2.05) is 0 Å².